The zero-order chi connectivity index (χ0) is 17.9. The van der Waals surface area contributed by atoms with Gasteiger partial charge in [-0.2, -0.15) is 0 Å². The fraction of sp³-hybridized carbons (Fsp3) is 0.421. The second-order valence-electron chi connectivity index (χ2n) is 5.80. The number of nitrogens with zero attached hydrogens (tertiary/aromatic N) is 2. The molecule has 2 rings (SSSR count). The van der Waals surface area contributed by atoms with Gasteiger partial charge in [-0.3, -0.25) is 4.79 Å². The Morgan fingerprint density at radius 2 is 1.92 bits per heavy atom. The number of carbonyl (C=O) groups is 1. The maximum atomic E-state index is 12.2. The Morgan fingerprint density at radius 3 is 2.68 bits per heavy atom. The molecular weight excluding hydrogens is 316 g/mol. The largest absolute Gasteiger partial charge is 0.385 e. The molecule has 0 radical (unpaired) electrons. The number of aryl methyl sites for hydroxylation is 2. The minimum atomic E-state index is -0.186. The maximum Gasteiger partial charge on any atom is 0.270 e. The highest BCUT2D eigenvalue weighted by atomic mass is 16.5. The number of amides is 1. The highest BCUT2D eigenvalue weighted by Gasteiger charge is 2.09. The predicted molar refractivity (Wildman–Crippen MR) is 98.8 cm³/mol. The van der Waals surface area contributed by atoms with E-state index in [-0.39, 0.29) is 5.91 Å². The summed E-state index contributed by atoms with van der Waals surface area (Å²) in [5.41, 5.74) is 1.70. The third-order valence-electron chi connectivity index (χ3n) is 3.67. The highest BCUT2D eigenvalue weighted by molar-refractivity contribution is 5.92. The SMILES string of the molecule is COCCCNC(=O)c1cc(NCCCc2ccccc2)nc(C)n1. The van der Waals surface area contributed by atoms with Crippen molar-refractivity contribution in [3.8, 4) is 0 Å². The topological polar surface area (TPSA) is 76.1 Å². The van der Waals surface area contributed by atoms with Crippen LogP contribution in [0.5, 0.6) is 0 Å². The summed E-state index contributed by atoms with van der Waals surface area (Å²) in [6.07, 6.45) is 2.77. The van der Waals surface area contributed by atoms with Gasteiger partial charge in [-0.1, -0.05) is 30.3 Å². The van der Waals surface area contributed by atoms with Gasteiger partial charge in [0.2, 0.25) is 0 Å². The van der Waals surface area contributed by atoms with E-state index in [1.165, 1.54) is 5.56 Å². The lowest BCUT2D eigenvalue weighted by Gasteiger charge is -2.09. The number of anilines is 1. The maximum absolute atomic E-state index is 12.2. The molecule has 1 heterocycles. The lowest BCUT2D eigenvalue weighted by atomic mass is 10.1. The molecule has 0 saturated carbocycles. The van der Waals surface area contributed by atoms with Crippen LogP contribution in [-0.2, 0) is 11.2 Å². The number of carbonyl (C=O) groups excluding carboxylic acids is 1. The molecule has 25 heavy (non-hydrogen) atoms. The van der Waals surface area contributed by atoms with Crippen molar-refractivity contribution < 1.29 is 9.53 Å². The summed E-state index contributed by atoms with van der Waals surface area (Å²) >= 11 is 0. The molecule has 0 aliphatic heterocycles. The quantitative estimate of drug-likeness (QED) is 0.649. The minimum Gasteiger partial charge on any atom is -0.385 e. The van der Waals surface area contributed by atoms with Crippen LogP contribution >= 0.6 is 0 Å². The molecule has 0 aliphatic rings. The van der Waals surface area contributed by atoms with Crippen LogP contribution in [-0.4, -0.2) is 42.7 Å². The molecular formula is C19H26N4O2. The van der Waals surface area contributed by atoms with Crippen LogP contribution in [0.3, 0.4) is 0 Å². The number of hydrogen-bond acceptors (Lipinski definition) is 5. The first-order chi connectivity index (χ1) is 12.2. The molecule has 0 saturated heterocycles. The Morgan fingerprint density at radius 1 is 1.12 bits per heavy atom. The summed E-state index contributed by atoms with van der Waals surface area (Å²) in [6, 6.07) is 12.1. The first-order valence-corrected chi connectivity index (χ1v) is 8.59. The molecule has 1 amide bonds. The van der Waals surface area contributed by atoms with Crippen LogP contribution in [0, 0.1) is 6.92 Å². The molecule has 1 aromatic heterocycles. The van der Waals surface area contributed by atoms with Crippen molar-refractivity contribution in [2.24, 2.45) is 0 Å². The van der Waals surface area contributed by atoms with Crippen LogP contribution in [0.15, 0.2) is 36.4 Å². The Kier molecular flexibility index (Phi) is 7.85. The third-order valence-corrected chi connectivity index (χ3v) is 3.67. The van der Waals surface area contributed by atoms with Crippen LogP contribution in [0.1, 0.15) is 34.7 Å². The number of aromatic nitrogens is 2. The van der Waals surface area contributed by atoms with Crippen molar-refractivity contribution in [2.75, 3.05) is 32.1 Å². The Bertz CT molecular complexity index is 662. The third kappa shape index (κ3) is 6.89. The van der Waals surface area contributed by atoms with E-state index < -0.39 is 0 Å². The summed E-state index contributed by atoms with van der Waals surface area (Å²) in [5, 5.41) is 6.12. The number of nitrogens with one attached hydrogen (secondary N) is 2. The Labute approximate surface area is 149 Å². The van der Waals surface area contributed by atoms with Crippen molar-refractivity contribution in [1.29, 1.82) is 0 Å². The van der Waals surface area contributed by atoms with Gasteiger partial charge in [0, 0.05) is 32.9 Å². The highest BCUT2D eigenvalue weighted by Crippen LogP contribution is 2.08. The normalized spacial score (nSPS) is 10.5. The fourth-order valence-electron chi connectivity index (χ4n) is 2.44. The summed E-state index contributed by atoms with van der Waals surface area (Å²) in [7, 11) is 1.64. The van der Waals surface area contributed by atoms with Gasteiger partial charge in [-0.05, 0) is 31.7 Å². The molecule has 0 aliphatic carbocycles. The van der Waals surface area contributed by atoms with Gasteiger partial charge in [0.05, 0.1) is 0 Å². The molecule has 0 unspecified atom stereocenters. The van der Waals surface area contributed by atoms with E-state index in [4.69, 9.17) is 4.74 Å². The van der Waals surface area contributed by atoms with Crippen molar-refractivity contribution in [3.63, 3.8) is 0 Å². The van der Waals surface area contributed by atoms with E-state index in [1.807, 2.05) is 18.2 Å². The fourth-order valence-corrected chi connectivity index (χ4v) is 2.44. The van der Waals surface area contributed by atoms with E-state index in [9.17, 15) is 4.79 Å². The number of methoxy groups -OCH3 is 1. The second-order valence-corrected chi connectivity index (χ2v) is 5.80. The van der Waals surface area contributed by atoms with Crippen molar-refractivity contribution >= 4 is 11.7 Å². The number of hydrogen-bond donors (Lipinski definition) is 2. The average Bonchev–Trinajstić information content (AvgIpc) is 2.63. The number of rotatable bonds is 10. The zero-order valence-electron chi connectivity index (χ0n) is 14.9. The molecule has 6 heteroatoms. The molecule has 0 spiro atoms. The molecule has 134 valence electrons. The first-order valence-electron chi connectivity index (χ1n) is 8.59. The molecule has 0 fully saturated rings. The number of benzene rings is 1. The van der Waals surface area contributed by atoms with E-state index in [0.717, 1.165) is 25.8 Å². The van der Waals surface area contributed by atoms with E-state index in [1.54, 1.807) is 20.1 Å². The molecule has 0 atom stereocenters. The van der Waals surface area contributed by atoms with Crippen molar-refractivity contribution in [3.05, 3.63) is 53.5 Å². The summed E-state index contributed by atoms with van der Waals surface area (Å²) < 4.78 is 4.97. The Hall–Kier alpha value is -2.47. The lowest BCUT2D eigenvalue weighted by Crippen LogP contribution is -2.26. The van der Waals surface area contributed by atoms with Crippen LogP contribution < -0.4 is 10.6 Å². The summed E-state index contributed by atoms with van der Waals surface area (Å²) in [5.74, 6) is 1.08. The Balaban J connectivity index is 1.82. The van der Waals surface area contributed by atoms with E-state index in [0.29, 0.717) is 30.5 Å². The van der Waals surface area contributed by atoms with Crippen molar-refractivity contribution in [2.45, 2.75) is 26.2 Å². The monoisotopic (exact) mass is 342 g/mol. The van der Waals surface area contributed by atoms with E-state index >= 15 is 0 Å². The van der Waals surface area contributed by atoms with Gasteiger partial charge in [0.15, 0.2) is 0 Å². The number of ether oxygens (including phenoxy) is 1. The van der Waals surface area contributed by atoms with Gasteiger partial charge >= 0.3 is 0 Å². The van der Waals surface area contributed by atoms with Gasteiger partial charge < -0.3 is 15.4 Å². The first kappa shape index (κ1) is 18.9. The van der Waals surface area contributed by atoms with Crippen LogP contribution in [0.25, 0.3) is 0 Å². The summed E-state index contributed by atoms with van der Waals surface area (Å²) in [4.78, 5) is 20.7. The van der Waals surface area contributed by atoms with Gasteiger partial charge in [0.1, 0.15) is 17.3 Å². The van der Waals surface area contributed by atoms with Gasteiger partial charge in [0.25, 0.3) is 5.91 Å². The minimum absolute atomic E-state index is 0.186. The average molecular weight is 342 g/mol. The summed E-state index contributed by atoms with van der Waals surface area (Å²) in [6.45, 7) is 3.77. The molecule has 0 bridgehead atoms. The second kappa shape index (κ2) is 10.4. The van der Waals surface area contributed by atoms with Crippen LogP contribution in [0.4, 0.5) is 5.82 Å². The molecule has 1 aromatic carbocycles. The van der Waals surface area contributed by atoms with Crippen molar-refractivity contribution in [1.82, 2.24) is 15.3 Å². The zero-order valence-corrected chi connectivity index (χ0v) is 14.9. The molecule has 2 N–H and O–H groups in total. The lowest BCUT2D eigenvalue weighted by molar-refractivity contribution is 0.0943. The predicted octanol–water partition coefficient (Wildman–Crippen LogP) is 2.60. The van der Waals surface area contributed by atoms with Gasteiger partial charge in [-0.25, -0.2) is 9.97 Å². The molecule has 6 nitrogen and oxygen atoms in total. The van der Waals surface area contributed by atoms with E-state index in [2.05, 4.69) is 32.7 Å². The smallest absolute Gasteiger partial charge is 0.270 e. The van der Waals surface area contributed by atoms with Gasteiger partial charge in [-0.15, -0.1) is 0 Å². The van der Waals surface area contributed by atoms with Crippen LogP contribution in [0.2, 0.25) is 0 Å². The standard InChI is InChI=1S/C19H26N4O2/c1-15-22-17(19(24)21-12-7-13-25-2)14-18(23-15)20-11-6-10-16-8-4-3-5-9-16/h3-5,8-9,14H,6-7,10-13H2,1-2H3,(H,21,24)(H,20,22,23). The molecule has 2 aromatic rings.